The van der Waals surface area contributed by atoms with Crippen molar-refractivity contribution in [3.05, 3.63) is 126 Å². The fraction of sp³-hybridized carbons (Fsp3) is 0.167. The van der Waals surface area contributed by atoms with Crippen molar-refractivity contribution in [2.75, 3.05) is 36.8 Å². The molecule has 0 spiro atoms. The molecule has 2 amide bonds. The smallest absolute Gasteiger partial charge is 0.337 e. The Morgan fingerprint density at radius 3 is 1.30 bits per heavy atom. The first-order valence-electron chi connectivity index (χ1n) is 16.1. The summed E-state index contributed by atoms with van der Waals surface area (Å²) in [7, 11) is -7.14. The van der Waals surface area contributed by atoms with E-state index in [-0.39, 0.29) is 43.4 Å². The lowest BCUT2D eigenvalue weighted by Crippen LogP contribution is -2.28. The maximum absolute atomic E-state index is 12.5. The molecule has 2 aliphatic rings. The largest absolute Gasteiger partial charge is 0.478 e. The molecule has 1 saturated heterocycles. The van der Waals surface area contributed by atoms with Gasteiger partial charge in [-0.15, -0.1) is 0 Å². The lowest BCUT2D eigenvalue weighted by atomic mass is 10.1. The topological polar surface area (TPSA) is 208 Å². The highest BCUT2D eigenvalue weighted by atomic mass is 127. The molecule has 4 aromatic carbocycles. The third kappa shape index (κ3) is 9.71. The molecule has 0 unspecified atom stereocenters. The first-order valence-corrected chi connectivity index (χ1v) is 21.2. The minimum atomic E-state index is -3.60. The molecule has 54 heavy (non-hydrogen) atoms. The summed E-state index contributed by atoms with van der Waals surface area (Å²) in [6.07, 6.45) is 5.25. The summed E-state index contributed by atoms with van der Waals surface area (Å²) < 4.78 is 54.2. The van der Waals surface area contributed by atoms with Gasteiger partial charge in [-0.3, -0.25) is 9.59 Å². The normalized spacial score (nSPS) is 14.6. The van der Waals surface area contributed by atoms with Gasteiger partial charge < -0.3 is 20.8 Å². The summed E-state index contributed by atoms with van der Waals surface area (Å²) in [5, 5.41) is 23.7. The molecule has 18 heteroatoms. The molecule has 4 aromatic rings. The Morgan fingerprint density at radius 1 is 0.556 bits per heavy atom. The average molecular weight is 999 g/mol. The predicted molar refractivity (Wildman–Crippen MR) is 217 cm³/mol. The SMILES string of the molecule is O=C(Nc1ccc(I)cc1C(=O)O)c1ccc(S(=O)(=O)N2CC=CC2)cc1.O=C(Nc1ccc(I)cc1C(=O)O)c1ccc(S(=O)(=O)N2CCCC2)cc1. The maximum atomic E-state index is 12.5. The number of carbonyl (C=O) groups is 4. The van der Waals surface area contributed by atoms with Gasteiger partial charge in [-0.25, -0.2) is 26.4 Å². The Morgan fingerprint density at radius 2 is 0.926 bits per heavy atom. The number of amides is 2. The summed E-state index contributed by atoms with van der Waals surface area (Å²) in [6.45, 7) is 1.68. The number of carboxylic acid groups (broad SMARTS) is 2. The second-order valence-electron chi connectivity index (χ2n) is 11.9. The van der Waals surface area contributed by atoms with Crippen LogP contribution in [0.4, 0.5) is 11.4 Å². The first-order chi connectivity index (χ1) is 25.6. The second kappa shape index (κ2) is 17.5. The van der Waals surface area contributed by atoms with Gasteiger partial charge in [-0.1, -0.05) is 12.2 Å². The number of nitrogens with one attached hydrogen (secondary N) is 2. The number of carboxylic acids is 2. The van der Waals surface area contributed by atoms with E-state index in [9.17, 15) is 46.2 Å². The van der Waals surface area contributed by atoms with E-state index in [2.05, 4.69) is 10.6 Å². The minimum Gasteiger partial charge on any atom is -0.478 e. The van der Waals surface area contributed by atoms with Gasteiger partial charge in [0.15, 0.2) is 0 Å². The molecular formula is C36H32I2N4O10S2. The van der Waals surface area contributed by atoms with Crippen molar-refractivity contribution in [1.82, 2.24) is 8.61 Å². The van der Waals surface area contributed by atoms with Gasteiger partial charge in [0.25, 0.3) is 11.8 Å². The monoisotopic (exact) mass is 998 g/mol. The highest BCUT2D eigenvalue weighted by Crippen LogP contribution is 2.24. The molecule has 2 heterocycles. The van der Waals surface area contributed by atoms with Gasteiger partial charge in [0, 0.05) is 44.4 Å². The molecule has 14 nitrogen and oxygen atoms in total. The van der Waals surface area contributed by atoms with Gasteiger partial charge in [0.05, 0.1) is 32.3 Å². The molecule has 2 aliphatic heterocycles. The molecule has 1 fully saturated rings. The Labute approximate surface area is 338 Å². The van der Waals surface area contributed by atoms with Gasteiger partial charge in [0.1, 0.15) is 0 Å². The third-order valence-electron chi connectivity index (χ3n) is 8.28. The standard InChI is InChI=1S/C18H17IN2O5S.C18H15IN2O5S/c2*19-13-5-8-16(15(11-13)18(23)24)20-17(22)12-3-6-14(7-4-12)27(25,26)21-9-1-2-10-21/h3-8,11H,1-2,9-10H2,(H,20,22)(H,23,24);1-8,11H,9-10H2,(H,20,22)(H,23,24). The van der Waals surface area contributed by atoms with E-state index in [1.165, 1.54) is 81.4 Å². The number of hydrogen-bond acceptors (Lipinski definition) is 8. The second-order valence-corrected chi connectivity index (χ2v) is 18.2. The number of hydrogen-bond donors (Lipinski definition) is 4. The van der Waals surface area contributed by atoms with Crippen LogP contribution in [0.25, 0.3) is 0 Å². The zero-order valence-electron chi connectivity index (χ0n) is 28.1. The van der Waals surface area contributed by atoms with E-state index in [1.807, 2.05) is 45.2 Å². The van der Waals surface area contributed by atoms with Crippen molar-refractivity contribution in [3.63, 3.8) is 0 Å². The van der Waals surface area contributed by atoms with Crippen LogP contribution in [0.2, 0.25) is 0 Å². The van der Waals surface area contributed by atoms with Crippen molar-refractivity contribution in [3.8, 4) is 0 Å². The number of rotatable bonds is 10. The van der Waals surface area contributed by atoms with Gasteiger partial charge in [-0.2, -0.15) is 8.61 Å². The first kappa shape index (κ1) is 41.0. The van der Waals surface area contributed by atoms with Crippen LogP contribution in [-0.4, -0.2) is 85.6 Å². The molecule has 0 atom stereocenters. The number of aromatic carboxylic acids is 2. The van der Waals surface area contributed by atoms with E-state index in [1.54, 1.807) is 24.3 Å². The summed E-state index contributed by atoms with van der Waals surface area (Å²) in [5.74, 6) is -3.32. The maximum Gasteiger partial charge on any atom is 0.337 e. The van der Waals surface area contributed by atoms with Gasteiger partial charge in [-0.05, 0) is 143 Å². The van der Waals surface area contributed by atoms with Crippen LogP contribution in [-0.2, 0) is 20.0 Å². The van der Waals surface area contributed by atoms with Crippen LogP contribution in [0.1, 0.15) is 54.3 Å². The molecule has 0 bridgehead atoms. The van der Waals surface area contributed by atoms with Gasteiger partial charge >= 0.3 is 11.9 Å². The number of sulfonamides is 2. The number of benzene rings is 4. The Hall–Kier alpha value is -4.22. The van der Waals surface area contributed by atoms with Crippen LogP contribution in [0, 0.1) is 7.14 Å². The van der Waals surface area contributed by atoms with E-state index in [0.29, 0.717) is 26.2 Å². The fourth-order valence-corrected chi connectivity index (χ4v) is 9.27. The zero-order valence-corrected chi connectivity index (χ0v) is 34.1. The van der Waals surface area contributed by atoms with Gasteiger partial charge in [0.2, 0.25) is 20.0 Å². The van der Waals surface area contributed by atoms with Crippen LogP contribution in [0.5, 0.6) is 0 Å². The van der Waals surface area contributed by atoms with Crippen molar-refractivity contribution in [1.29, 1.82) is 0 Å². The molecule has 0 saturated carbocycles. The minimum absolute atomic E-state index is 0.0107. The van der Waals surface area contributed by atoms with Crippen LogP contribution < -0.4 is 10.6 Å². The molecule has 0 aliphatic carbocycles. The highest BCUT2D eigenvalue weighted by Gasteiger charge is 2.28. The van der Waals surface area contributed by atoms with Crippen molar-refractivity contribution >= 4 is 100 Å². The molecular weight excluding hydrogens is 966 g/mol. The average Bonchev–Trinajstić information content (AvgIpc) is 3.90. The number of carbonyl (C=O) groups excluding carboxylic acids is 2. The van der Waals surface area contributed by atoms with Crippen molar-refractivity contribution < 1.29 is 46.2 Å². The van der Waals surface area contributed by atoms with E-state index >= 15 is 0 Å². The Bertz CT molecular complexity index is 2190. The molecule has 0 aromatic heterocycles. The predicted octanol–water partition coefficient (Wildman–Crippen LogP) is 5.83. The molecule has 6 rings (SSSR count). The number of nitrogens with zero attached hydrogens (tertiary/aromatic N) is 2. The Balaban J connectivity index is 0.000000208. The summed E-state index contributed by atoms with van der Waals surface area (Å²) in [4.78, 5) is 47.8. The number of halogens is 2. The summed E-state index contributed by atoms with van der Waals surface area (Å²) in [5.41, 5.74) is 0.794. The zero-order chi connectivity index (χ0) is 39.2. The molecule has 282 valence electrons. The lowest BCUT2D eigenvalue weighted by molar-refractivity contribution is 0.0686. The summed E-state index contributed by atoms with van der Waals surface area (Å²) in [6, 6.07) is 20.5. The summed E-state index contributed by atoms with van der Waals surface area (Å²) >= 11 is 3.98. The van der Waals surface area contributed by atoms with Crippen molar-refractivity contribution in [2.24, 2.45) is 0 Å². The molecule has 4 N–H and O–H groups in total. The van der Waals surface area contributed by atoms with Crippen LogP contribution in [0.15, 0.2) is 107 Å². The van der Waals surface area contributed by atoms with E-state index < -0.39 is 43.8 Å². The lowest BCUT2D eigenvalue weighted by Gasteiger charge is -2.15. The third-order valence-corrected chi connectivity index (χ3v) is 13.4. The van der Waals surface area contributed by atoms with Crippen molar-refractivity contribution in [2.45, 2.75) is 22.6 Å². The van der Waals surface area contributed by atoms with Crippen LogP contribution >= 0.6 is 45.2 Å². The Kier molecular flexibility index (Phi) is 13.3. The van der Waals surface area contributed by atoms with Crippen LogP contribution in [0.3, 0.4) is 0 Å². The fourth-order valence-electron chi connectivity index (χ4n) is 5.43. The molecule has 0 radical (unpaired) electrons. The van der Waals surface area contributed by atoms with E-state index in [4.69, 9.17) is 0 Å². The highest BCUT2D eigenvalue weighted by molar-refractivity contribution is 14.1. The van der Waals surface area contributed by atoms with E-state index in [0.717, 1.165) is 20.0 Å². The quantitative estimate of drug-likeness (QED) is 0.111. The number of anilines is 2.